The van der Waals surface area contributed by atoms with Gasteiger partial charge >= 0.3 is 0 Å². The second-order valence-electron chi connectivity index (χ2n) is 10.3. The molecule has 204 valence electrons. The second kappa shape index (κ2) is 9.80. The maximum absolute atomic E-state index is 14.0. The molecule has 3 aromatic carbocycles. The van der Waals surface area contributed by atoms with Crippen LogP contribution in [-0.4, -0.2) is 53.5 Å². The Kier molecular flexibility index (Phi) is 6.26. The highest BCUT2D eigenvalue weighted by Crippen LogP contribution is 2.45. The first-order valence-electron chi connectivity index (χ1n) is 13.0. The van der Waals surface area contributed by atoms with Crippen LogP contribution in [-0.2, 0) is 21.4 Å². The molecule has 0 unspecified atom stereocenters. The minimum absolute atomic E-state index is 0.0326. The molecule has 3 atom stereocenters. The summed E-state index contributed by atoms with van der Waals surface area (Å²) >= 11 is 0. The third kappa shape index (κ3) is 4.26. The fraction of sp³-hybridized carbons (Fsp3) is 0.233. The number of anilines is 1. The third-order valence-corrected chi connectivity index (χ3v) is 7.83. The monoisotopic (exact) mass is 541 g/mol. The molecule has 9 nitrogen and oxygen atoms in total. The molecule has 3 amide bonds. The van der Waals surface area contributed by atoms with E-state index in [9.17, 15) is 18.8 Å². The van der Waals surface area contributed by atoms with Gasteiger partial charge in [-0.2, -0.15) is 0 Å². The topological polar surface area (TPSA) is 130 Å². The van der Waals surface area contributed by atoms with Gasteiger partial charge in [0.05, 0.1) is 18.7 Å². The molecule has 1 aromatic heterocycles. The van der Waals surface area contributed by atoms with Gasteiger partial charge < -0.3 is 31.0 Å². The predicted octanol–water partition coefficient (Wildman–Crippen LogP) is 3.06. The Morgan fingerprint density at radius 1 is 1.15 bits per heavy atom. The van der Waals surface area contributed by atoms with Crippen molar-refractivity contribution in [2.24, 2.45) is 5.73 Å². The van der Waals surface area contributed by atoms with Crippen LogP contribution >= 0.6 is 0 Å². The van der Waals surface area contributed by atoms with Crippen LogP contribution in [0, 0.1) is 5.82 Å². The molecule has 2 aliphatic heterocycles. The molecule has 2 aliphatic rings. The van der Waals surface area contributed by atoms with E-state index < -0.39 is 35.3 Å². The van der Waals surface area contributed by atoms with Crippen molar-refractivity contribution in [3.05, 3.63) is 95.4 Å². The summed E-state index contributed by atoms with van der Waals surface area (Å²) in [5.74, 6) is -1.03. The van der Waals surface area contributed by atoms with Gasteiger partial charge in [0.1, 0.15) is 23.3 Å². The zero-order valence-corrected chi connectivity index (χ0v) is 21.7. The summed E-state index contributed by atoms with van der Waals surface area (Å²) < 4.78 is 19.4. The Morgan fingerprint density at radius 2 is 1.95 bits per heavy atom. The average Bonchev–Trinajstić information content (AvgIpc) is 3.62. The number of amides is 3. The number of carbonyl (C=O) groups excluding carboxylic acids is 3. The number of ether oxygens (including phenoxy) is 1. The molecule has 40 heavy (non-hydrogen) atoms. The van der Waals surface area contributed by atoms with Crippen molar-refractivity contribution in [1.82, 2.24) is 15.2 Å². The summed E-state index contributed by atoms with van der Waals surface area (Å²) in [6, 6.07) is 19.2. The molecule has 0 bridgehead atoms. The number of para-hydroxylation sites is 1. The average molecular weight is 542 g/mol. The number of halogens is 1. The lowest BCUT2D eigenvalue weighted by molar-refractivity contribution is -0.134. The van der Waals surface area contributed by atoms with Gasteiger partial charge in [-0.1, -0.05) is 36.4 Å². The van der Waals surface area contributed by atoms with Crippen LogP contribution in [0.25, 0.3) is 10.9 Å². The Bertz CT molecular complexity index is 1650. The smallest absolute Gasteiger partial charge is 0.268 e. The van der Waals surface area contributed by atoms with Crippen molar-refractivity contribution in [3.8, 4) is 5.75 Å². The number of fused-ring (bicyclic) bond motifs is 3. The number of likely N-dealkylation sites (tertiary alicyclic amines) is 1. The summed E-state index contributed by atoms with van der Waals surface area (Å²) in [5.41, 5.74) is 8.45. The third-order valence-electron chi connectivity index (χ3n) is 7.83. The number of hydrogen-bond acceptors (Lipinski definition) is 5. The molecule has 1 saturated heterocycles. The predicted molar refractivity (Wildman–Crippen MR) is 147 cm³/mol. The summed E-state index contributed by atoms with van der Waals surface area (Å²) in [4.78, 5) is 45.1. The van der Waals surface area contributed by atoms with Gasteiger partial charge in [0, 0.05) is 36.0 Å². The second-order valence-corrected chi connectivity index (χ2v) is 10.3. The Morgan fingerprint density at radius 3 is 2.75 bits per heavy atom. The number of rotatable bonds is 6. The largest absolute Gasteiger partial charge is 0.496 e. The summed E-state index contributed by atoms with van der Waals surface area (Å²) in [6.45, 7) is 0.0644. The van der Waals surface area contributed by atoms with Crippen LogP contribution in [0.3, 0.4) is 0 Å². The molecule has 3 heterocycles. The van der Waals surface area contributed by atoms with Gasteiger partial charge in [-0.25, -0.2) is 4.39 Å². The number of nitrogens with zero attached hydrogens (tertiary/aromatic N) is 1. The molecule has 0 radical (unpaired) electrons. The highest BCUT2D eigenvalue weighted by Gasteiger charge is 2.55. The Balaban J connectivity index is 1.31. The van der Waals surface area contributed by atoms with E-state index in [1.54, 1.807) is 37.4 Å². The number of aromatic nitrogens is 1. The van der Waals surface area contributed by atoms with Gasteiger partial charge in [0.25, 0.3) is 5.91 Å². The van der Waals surface area contributed by atoms with Gasteiger partial charge in [0.15, 0.2) is 0 Å². The van der Waals surface area contributed by atoms with E-state index in [0.717, 1.165) is 10.9 Å². The standard InChI is InChI=1S/C30H28FN5O4/c1-40-25-11-5-10-21-19(25)14-23(33-21)27(37)34-24(13-17-6-4-7-18(31)12-17)28(38)36-16-30(15-26(36)32)20-8-2-3-9-22(20)35-29(30)39/h2-12,14,24,26,33H,13,15-16,32H2,1H3,(H,34,37)(H,35,39)/t24-,26-,30-/m0/s1. The molecule has 5 N–H and O–H groups in total. The SMILES string of the molecule is COc1cccc2[nH]c(C(=O)N[C@@H](Cc3cccc(F)c3)C(=O)N3C[C@]4(C[C@H]3N)C(=O)Nc3ccccc34)cc12. The number of nitrogens with one attached hydrogen (secondary N) is 3. The first kappa shape index (κ1) is 25.6. The van der Waals surface area contributed by atoms with Gasteiger partial charge in [-0.3, -0.25) is 14.4 Å². The highest BCUT2D eigenvalue weighted by atomic mass is 19.1. The Hall–Kier alpha value is -4.70. The van der Waals surface area contributed by atoms with Crippen molar-refractivity contribution >= 4 is 34.3 Å². The molecule has 1 fully saturated rings. The summed E-state index contributed by atoms with van der Waals surface area (Å²) in [6.07, 6.45) is -0.483. The van der Waals surface area contributed by atoms with Crippen molar-refractivity contribution in [1.29, 1.82) is 0 Å². The molecule has 10 heteroatoms. The maximum Gasteiger partial charge on any atom is 0.268 e. The zero-order valence-electron chi connectivity index (χ0n) is 21.7. The molecule has 6 rings (SSSR count). The van der Waals surface area contributed by atoms with Crippen LogP contribution < -0.4 is 21.1 Å². The lowest BCUT2D eigenvalue weighted by Crippen LogP contribution is -2.53. The van der Waals surface area contributed by atoms with Gasteiger partial charge in [-0.15, -0.1) is 0 Å². The van der Waals surface area contributed by atoms with Crippen LogP contribution in [0.5, 0.6) is 5.75 Å². The normalized spacial score (nSPS) is 20.4. The number of carbonyl (C=O) groups is 3. The van der Waals surface area contributed by atoms with E-state index in [4.69, 9.17) is 10.5 Å². The fourth-order valence-electron chi connectivity index (χ4n) is 5.88. The van der Waals surface area contributed by atoms with E-state index in [0.29, 0.717) is 22.5 Å². The summed E-state index contributed by atoms with van der Waals surface area (Å²) in [7, 11) is 1.55. The molecule has 0 saturated carbocycles. The lowest BCUT2D eigenvalue weighted by Gasteiger charge is -2.28. The first-order valence-corrected chi connectivity index (χ1v) is 13.0. The summed E-state index contributed by atoms with van der Waals surface area (Å²) in [5, 5.41) is 6.45. The zero-order chi connectivity index (χ0) is 28.0. The highest BCUT2D eigenvalue weighted by molar-refractivity contribution is 6.07. The maximum atomic E-state index is 14.0. The number of benzene rings is 3. The van der Waals surface area contributed by atoms with E-state index in [1.165, 1.54) is 17.0 Å². The number of nitrogens with two attached hydrogens (primary N) is 1. The Labute approximate surface area is 229 Å². The molecule has 0 aliphatic carbocycles. The van der Waals surface area contributed by atoms with Crippen LogP contribution in [0.2, 0.25) is 0 Å². The molecule has 4 aromatic rings. The quantitative estimate of drug-likeness (QED) is 0.298. The number of aromatic amines is 1. The number of hydrogen-bond donors (Lipinski definition) is 4. The van der Waals surface area contributed by atoms with Crippen molar-refractivity contribution in [3.63, 3.8) is 0 Å². The lowest BCUT2D eigenvalue weighted by atomic mass is 9.80. The minimum atomic E-state index is -1.07. The van der Waals surface area contributed by atoms with Crippen LogP contribution in [0.4, 0.5) is 10.1 Å². The van der Waals surface area contributed by atoms with Crippen molar-refractivity contribution in [2.75, 3.05) is 19.0 Å². The van der Waals surface area contributed by atoms with E-state index in [1.807, 2.05) is 30.3 Å². The van der Waals surface area contributed by atoms with E-state index in [2.05, 4.69) is 15.6 Å². The molecule has 1 spiro atoms. The van der Waals surface area contributed by atoms with E-state index in [-0.39, 0.29) is 31.0 Å². The van der Waals surface area contributed by atoms with Crippen molar-refractivity contribution < 1.29 is 23.5 Å². The van der Waals surface area contributed by atoms with Crippen LogP contribution in [0.1, 0.15) is 28.0 Å². The van der Waals surface area contributed by atoms with Crippen molar-refractivity contribution in [2.45, 2.75) is 30.5 Å². The van der Waals surface area contributed by atoms with Gasteiger partial charge in [0.2, 0.25) is 11.8 Å². The number of H-pyrrole nitrogens is 1. The fourth-order valence-corrected chi connectivity index (χ4v) is 5.88. The van der Waals surface area contributed by atoms with Gasteiger partial charge in [-0.05, 0) is 47.5 Å². The first-order chi connectivity index (χ1) is 19.3. The minimum Gasteiger partial charge on any atom is -0.496 e. The van der Waals surface area contributed by atoms with E-state index >= 15 is 0 Å². The van der Waals surface area contributed by atoms with Crippen LogP contribution in [0.15, 0.2) is 72.8 Å². The number of methoxy groups -OCH3 is 1. The molecular weight excluding hydrogens is 513 g/mol. The molecular formula is C30H28FN5O4.